The van der Waals surface area contributed by atoms with E-state index in [2.05, 4.69) is 58.6 Å². The first-order valence-electron chi connectivity index (χ1n) is 5.66. The van der Waals surface area contributed by atoms with E-state index >= 15 is 0 Å². The lowest BCUT2D eigenvalue weighted by Crippen LogP contribution is -2.13. The number of hydrogen-bond donors (Lipinski definition) is 1. The Hall–Kier alpha value is -0.800. The van der Waals surface area contributed by atoms with Gasteiger partial charge in [-0.05, 0) is 30.5 Å². The summed E-state index contributed by atoms with van der Waals surface area (Å²) in [6, 6.07) is 8.66. The smallest absolute Gasteiger partial charge is 0.0493 e. The Bertz CT molecular complexity index is 502. The average molecular weight is 281 g/mol. The minimum absolute atomic E-state index is 0.408. The molecule has 16 heavy (non-hydrogen) atoms. The minimum Gasteiger partial charge on any atom is -0.345 e. The third-order valence-corrected chi connectivity index (χ3v) is 3.57. The quantitative estimate of drug-likeness (QED) is 0.917. The van der Waals surface area contributed by atoms with Crippen LogP contribution in [0.15, 0.2) is 28.7 Å². The Labute approximate surface area is 105 Å². The SMILES string of the molecule is CCn1c(C(C)CN)cc2ccc(Br)cc21. The molecule has 1 unspecified atom stereocenters. The Kier molecular flexibility index (Phi) is 3.36. The summed E-state index contributed by atoms with van der Waals surface area (Å²) in [5.41, 5.74) is 8.37. The lowest BCUT2D eigenvalue weighted by molar-refractivity contribution is 0.661. The summed E-state index contributed by atoms with van der Waals surface area (Å²) >= 11 is 3.52. The summed E-state index contributed by atoms with van der Waals surface area (Å²) in [7, 11) is 0. The highest BCUT2D eigenvalue weighted by molar-refractivity contribution is 9.10. The molecule has 0 aliphatic rings. The minimum atomic E-state index is 0.408. The van der Waals surface area contributed by atoms with Crippen molar-refractivity contribution in [3.63, 3.8) is 0 Å². The molecule has 0 radical (unpaired) electrons. The molecule has 86 valence electrons. The van der Waals surface area contributed by atoms with Crippen molar-refractivity contribution in [2.24, 2.45) is 5.73 Å². The van der Waals surface area contributed by atoms with E-state index in [1.165, 1.54) is 16.6 Å². The second kappa shape index (κ2) is 4.60. The number of nitrogens with two attached hydrogens (primary N) is 1. The van der Waals surface area contributed by atoms with E-state index in [0.29, 0.717) is 12.5 Å². The van der Waals surface area contributed by atoms with Crippen molar-refractivity contribution < 1.29 is 0 Å². The predicted molar refractivity (Wildman–Crippen MR) is 72.8 cm³/mol. The molecule has 0 saturated heterocycles. The normalized spacial score (nSPS) is 13.2. The highest BCUT2D eigenvalue weighted by Gasteiger charge is 2.12. The van der Waals surface area contributed by atoms with Crippen LogP contribution in [0.1, 0.15) is 25.5 Å². The Morgan fingerprint density at radius 3 is 2.75 bits per heavy atom. The van der Waals surface area contributed by atoms with Crippen molar-refractivity contribution >= 4 is 26.8 Å². The molecule has 2 rings (SSSR count). The summed E-state index contributed by atoms with van der Waals surface area (Å²) in [6.45, 7) is 6.03. The van der Waals surface area contributed by atoms with Gasteiger partial charge in [-0.25, -0.2) is 0 Å². The maximum Gasteiger partial charge on any atom is 0.0493 e. The second-order valence-electron chi connectivity index (χ2n) is 4.15. The van der Waals surface area contributed by atoms with Crippen LogP contribution in [0.5, 0.6) is 0 Å². The number of fused-ring (bicyclic) bond motifs is 1. The molecule has 1 aromatic carbocycles. The highest BCUT2D eigenvalue weighted by Crippen LogP contribution is 2.27. The van der Waals surface area contributed by atoms with E-state index in [4.69, 9.17) is 5.73 Å². The van der Waals surface area contributed by atoms with E-state index in [1.807, 2.05) is 0 Å². The first-order chi connectivity index (χ1) is 7.67. The Morgan fingerprint density at radius 2 is 2.12 bits per heavy atom. The molecular weight excluding hydrogens is 264 g/mol. The van der Waals surface area contributed by atoms with Crippen molar-refractivity contribution in [2.75, 3.05) is 6.54 Å². The van der Waals surface area contributed by atoms with Gasteiger partial charge in [0.2, 0.25) is 0 Å². The van der Waals surface area contributed by atoms with Gasteiger partial charge in [0.15, 0.2) is 0 Å². The summed E-state index contributed by atoms with van der Waals surface area (Å²) in [5.74, 6) is 0.408. The van der Waals surface area contributed by atoms with Gasteiger partial charge in [-0.2, -0.15) is 0 Å². The fraction of sp³-hybridized carbons (Fsp3) is 0.385. The zero-order valence-corrected chi connectivity index (χ0v) is 11.3. The lowest BCUT2D eigenvalue weighted by Gasteiger charge is -2.12. The Balaban J connectivity index is 2.66. The number of aryl methyl sites for hydroxylation is 1. The molecule has 2 nitrogen and oxygen atoms in total. The van der Waals surface area contributed by atoms with Crippen LogP contribution in [-0.4, -0.2) is 11.1 Å². The van der Waals surface area contributed by atoms with Gasteiger partial charge in [-0.15, -0.1) is 0 Å². The molecule has 0 aliphatic heterocycles. The number of benzene rings is 1. The molecule has 2 N–H and O–H groups in total. The summed E-state index contributed by atoms with van der Waals surface area (Å²) in [5, 5.41) is 1.29. The van der Waals surface area contributed by atoms with Gasteiger partial charge in [-0.1, -0.05) is 28.9 Å². The number of aromatic nitrogens is 1. The highest BCUT2D eigenvalue weighted by atomic mass is 79.9. The number of hydrogen-bond acceptors (Lipinski definition) is 1. The van der Waals surface area contributed by atoms with Crippen molar-refractivity contribution in [1.82, 2.24) is 4.57 Å². The second-order valence-corrected chi connectivity index (χ2v) is 5.07. The van der Waals surface area contributed by atoms with E-state index in [1.54, 1.807) is 0 Å². The summed E-state index contributed by atoms with van der Waals surface area (Å²) in [4.78, 5) is 0. The van der Waals surface area contributed by atoms with Crippen LogP contribution < -0.4 is 5.73 Å². The van der Waals surface area contributed by atoms with Crippen LogP contribution >= 0.6 is 15.9 Å². The molecule has 0 fully saturated rings. The first kappa shape index (κ1) is 11.7. The molecule has 3 heteroatoms. The Morgan fingerprint density at radius 1 is 1.38 bits per heavy atom. The van der Waals surface area contributed by atoms with Gasteiger partial charge < -0.3 is 10.3 Å². The van der Waals surface area contributed by atoms with Crippen LogP contribution in [0, 0.1) is 0 Å². The maximum atomic E-state index is 5.76. The molecule has 1 aromatic heterocycles. The van der Waals surface area contributed by atoms with Crippen LogP contribution in [0.2, 0.25) is 0 Å². The summed E-state index contributed by atoms with van der Waals surface area (Å²) < 4.78 is 3.47. The maximum absolute atomic E-state index is 5.76. The molecule has 0 amide bonds. The average Bonchev–Trinajstić information content (AvgIpc) is 2.65. The largest absolute Gasteiger partial charge is 0.345 e. The van der Waals surface area contributed by atoms with Crippen LogP contribution in [0.3, 0.4) is 0 Å². The summed E-state index contributed by atoms with van der Waals surface area (Å²) in [6.07, 6.45) is 0. The zero-order chi connectivity index (χ0) is 11.7. The first-order valence-corrected chi connectivity index (χ1v) is 6.45. The van der Waals surface area contributed by atoms with Gasteiger partial charge in [0, 0.05) is 34.7 Å². The molecule has 2 aromatic rings. The van der Waals surface area contributed by atoms with Crippen molar-refractivity contribution in [2.45, 2.75) is 26.3 Å². The van der Waals surface area contributed by atoms with Gasteiger partial charge in [0.25, 0.3) is 0 Å². The van der Waals surface area contributed by atoms with Crippen molar-refractivity contribution in [1.29, 1.82) is 0 Å². The van der Waals surface area contributed by atoms with Gasteiger partial charge in [0.05, 0.1) is 0 Å². The van der Waals surface area contributed by atoms with Crippen LogP contribution in [0.25, 0.3) is 10.9 Å². The van der Waals surface area contributed by atoms with Gasteiger partial charge >= 0.3 is 0 Å². The van der Waals surface area contributed by atoms with Crippen LogP contribution in [-0.2, 0) is 6.54 Å². The fourth-order valence-electron chi connectivity index (χ4n) is 2.13. The molecule has 1 heterocycles. The van der Waals surface area contributed by atoms with Gasteiger partial charge in [0.1, 0.15) is 0 Å². The molecule has 1 atom stereocenters. The molecule has 0 aliphatic carbocycles. The van der Waals surface area contributed by atoms with Crippen molar-refractivity contribution in [3.8, 4) is 0 Å². The van der Waals surface area contributed by atoms with E-state index in [0.717, 1.165) is 11.0 Å². The van der Waals surface area contributed by atoms with Gasteiger partial charge in [-0.3, -0.25) is 0 Å². The molecule has 0 bridgehead atoms. The number of nitrogens with zero attached hydrogens (tertiary/aromatic N) is 1. The van der Waals surface area contributed by atoms with E-state index in [-0.39, 0.29) is 0 Å². The fourth-order valence-corrected chi connectivity index (χ4v) is 2.48. The van der Waals surface area contributed by atoms with Crippen molar-refractivity contribution in [3.05, 3.63) is 34.4 Å². The topological polar surface area (TPSA) is 30.9 Å². The zero-order valence-electron chi connectivity index (χ0n) is 9.70. The molecule has 0 spiro atoms. The van der Waals surface area contributed by atoms with E-state index in [9.17, 15) is 0 Å². The number of rotatable bonds is 3. The monoisotopic (exact) mass is 280 g/mol. The lowest BCUT2D eigenvalue weighted by atomic mass is 10.1. The third kappa shape index (κ3) is 1.89. The van der Waals surface area contributed by atoms with E-state index < -0.39 is 0 Å². The molecular formula is C13H17BrN2. The number of halogens is 1. The third-order valence-electron chi connectivity index (χ3n) is 3.07. The predicted octanol–water partition coefficient (Wildman–Crippen LogP) is 3.49. The standard InChI is InChI=1S/C13H17BrN2/c1-3-16-12(9(2)8-15)6-10-4-5-11(14)7-13(10)16/h4-7,9H,3,8,15H2,1-2H3. The van der Waals surface area contributed by atoms with Crippen LogP contribution in [0.4, 0.5) is 0 Å². The molecule has 0 saturated carbocycles.